The van der Waals surface area contributed by atoms with Crippen LogP contribution >= 0.6 is 0 Å². The highest BCUT2D eigenvalue weighted by Gasteiger charge is 2.19. The molecule has 1 heterocycles. The SMILES string of the molecule is COc1ccc(CNc2ccc3c(n2)Cc2ccccc2-3)cc1. The van der Waals surface area contributed by atoms with E-state index < -0.39 is 0 Å². The summed E-state index contributed by atoms with van der Waals surface area (Å²) in [5.41, 5.74) is 6.30. The van der Waals surface area contributed by atoms with Crippen molar-refractivity contribution in [3.05, 3.63) is 77.5 Å². The van der Waals surface area contributed by atoms with E-state index in [4.69, 9.17) is 9.72 Å². The van der Waals surface area contributed by atoms with Gasteiger partial charge in [-0.25, -0.2) is 4.98 Å². The summed E-state index contributed by atoms with van der Waals surface area (Å²) in [5.74, 6) is 1.80. The van der Waals surface area contributed by atoms with E-state index in [0.29, 0.717) is 0 Å². The average Bonchev–Trinajstić information content (AvgIpc) is 2.98. The van der Waals surface area contributed by atoms with Gasteiger partial charge in [-0.1, -0.05) is 36.4 Å². The molecule has 4 rings (SSSR count). The van der Waals surface area contributed by atoms with Crippen molar-refractivity contribution in [3.63, 3.8) is 0 Å². The minimum atomic E-state index is 0.753. The van der Waals surface area contributed by atoms with Crippen LogP contribution in [0.2, 0.25) is 0 Å². The van der Waals surface area contributed by atoms with Crippen molar-refractivity contribution in [3.8, 4) is 16.9 Å². The lowest BCUT2D eigenvalue weighted by Crippen LogP contribution is -2.02. The van der Waals surface area contributed by atoms with Gasteiger partial charge in [-0.3, -0.25) is 0 Å². The zero-order chi connectivity index (χ0) is 15.6. The lowest BCUT2D eigenvalue weighted by molar-refractivity contribution is 0.414. The standard InChI is InChI=1S/C20H18N2O/c1-23-16-8-6-14(7-9-16)13-21-20-11-10-18-17-5-3-2-4-15(17)12-19(18)22-20/h2-11H,12-13H2,1H3,(H,21,22). The quantitative estimate of drug-likeness (QED) is 0.611. The molecule has 114 valence electrons. The molecule has 3 aromatic rings. The molecule has 1 N–H and O–H groups in total. The molecular formula is C20H18N2O. The van der Waals surface area contributed by atoms with Gasteiger partial charge in [-0.05, 0) is 41.0 Å². The van der Waals surface area contributed by atoms with Gasteiger partial charge in [-0.2, -0.15) is 0 Å². The number of nitrogens with one attached hydrogen (secondary N) is 1. The molecule has 1 aromatic heterocycles. The number of anilines is 1. The molecule has 0 radical (unpaired) electrons. The molecular weight excluding hydrogens is 284 g/mol. The van der Waals surface area contributed by atoms with Crippen molar-refractivity contribution in [2.24, 2.45) is 0 Å². The summed E-state index contributed by atoms with van der Waals surface area (Å²) in [6.45, 7) is 0.753. The molecule has 0 fully saturated rings. The predicted octanol–water partition coefficient (Wildman–Crippen LogP) is 4.27. The first-order valence-electron chi connectivity index (χ1n) is 7.78. The van der Waals surface area contributed by atoms with Crippen molar-refractivity contribution >= 4 is 5.82 Å². The number of fused-ring (bicyclic) bond motifs is 3. The van der Waals surface area contributed by atoms with Gasteiger partial charge in [0.2, 0.25) is 0 Å². The minimum absolute atomic E-state index is 0.753. The molecule has 0 atom stereocenters. The fourth-order valence-corrected chi connectivity index (χ4v) is 3.03. The van der Waals surface area contributed by atoms with Gasteiger partial charge >= 0.3 is 0 Å². The van der Waals surface area contributed by atoms with Crippen molar-refractivity contribution in [2.45, 2.75) is 13.0 Å². The largest absolute Gasteiger partial charge is 0.497 e. The van der Waals surface area contributed by atoms with Crippen LogP contribution in [-0.2, 0) is 13.0 Å². The summed E-state index contributed by atoms with van der Waals surface area (Å²) in [6.07, 6.45) is 0.920. The Bertz CT molecular complexity index is 841. The van der Waals surface area contributed by atoms with E-state index >= 15 is 0 Å². The maximum Gasteiger partial charge on any atom is 0.126 e. The number of ether oxygens (including phenoxy) is 1. The normalized spacial score (nSPS) is 11.7. The summed E-state index contributed by atoms with van der Waals surface area (Å²) in [6, 6.07) is 20.8. The van der Waals surface area contributed by atoms with Crippen molar-refractivity contribution in [1.29, 1.82) is 0 Å². The fourth-order valence-electron chi connectivity index (χ4n) is 3.03. The number of pyridine rings is 1. The van der Waals surface area contributed by atoms with E-state index in [1.54, 1.807) is 7.11 Å². The van der Waals surface area contributed by atoms with Gasteiger partial charge in [-0.15, -0.1) is 0 Å². The maximum absolute atomic E-state index is 5.18. The number of aromatic nitrogens is 1. The number of nitrogens with zero attached hydrogens (tertiary/aromatic N) is 1. The molecule has 1 aliphatic rings. The molecule has 0 amide bonds. The third-order valence-electron chi connectivity index (χ3n) is 4.27. The molecule has 3 heteroatoms. The van der Waals surface area contributed by atoms with E-state index in [1.807, 2.05) is 12.1 Å². The van der Waals surface area contributed by atoms with Crippen LogP contribution in [-0.4, -0.2) is 12.1 Å². The third-order valence-corrected chi connectivity index (χ3v) is 4.27. The zero-order valence-electron chi connectivity index (χ0n) is 13.0. The van der Waals surface area contributed by atoms with Crippen molar-refractivity contribution in [1.82, 2.24) is 4.98 Å². The van der Waals surface area contributed by atoms with Gasteiger partial charge in [0.1, 0.15) is 11.6 Å². The number of rotatable bonds is 4. The summed E-state index contributed by atoms with van der Waals surface area (Å²) in [4.78, 5) is 4.78. The zero-order valence-corrected chi connectivity index (χ0v) is 13.0. The molecule has 23 heavy (non-hydrogen) atoms. The van der Waals surface area contributed by atoms with Crippen LogP contribution in [0.15, 0.2) is 60.7 Å². The Kier molecular flexibility index (Phi) is 3.46. The Morgan fingerprint density at radius 2 is 1.78 bits per heavy atom. The molecule has 0 saturated carbocycles. The Labute approximate surface area is 136 Å². The van der Waals surface area contributed by atoms with Gasteiger partial charge in [0, 0.05) is 18.5 Å². The Morgan fingerprint density at radius 3 is 2.61 bits per heavy atom. The smallest absolute Gasteiger partial charge is 0.126 e. The first-order valence-corrected chi connectivity index (χ1v) is 7.78. The summed E-state index contributed by atoms with van der Waals surface area (Å²) in [7, 11) is 1.68. The lowest BCUT2D eigenvalue weighted by atomic mass is 10.1. The molecule has 2 aromatic carbocycles. The lowest BCUT2D eigenvalue weighted by Gasteiger charge is -2.08. The second kappa shape index (κ2) is 5.76. The molecule has 0 unspecified atom stereocenters. The molecule has 0 bridgehead atoms. The van der Waals surface area contributed by atoms with Crippen LogP contribution in [0, 0.1) is 0 Å². The van der Waals surface area contributed by atoms with E-state index in [2.05, 4.69) is 53.8 Å². The van der Waals surface area contributed by atoms with Gasteiger partial charge in [0.25, 0.3) is 0 Å². The van der Waals surface area contributed by atoms with Gasteiger partial charge in [0.15, 0.2) is 0 Å². The van der Waals surface area contributed by atoms with E-state index in [-0.39, 0.29) is 0 Å². The average molecular weight is 302 g/mol. The monoisotopic (exact) mass is 302 g/mol. The van der Waals surface area contributed by atoms with Crippen molar-refractivity contribution in [2.75, 3.05) is 12.4 Å². The maximum atomic E-state index is 5.18. The highest BCUT2D eigenvalue weighted by atomic mass is 16.5. The van der Waals surface area contributed by atoms with E-state index in [1.165, 1.54) is 22.3 Å². The summed E-state index contributed by atoms with van der Waals surface area (Å²) >= 11 is 0. The molecule has 0 aliphatic heterocycles. The second-order valence-corrected chi connectivity index (χ2v) is 5.73. The first-order chi connectivity index (χ1) is 11.3. The Morgan fingerprint density at radius 1 is 0.957 bits per heavy atom. The number of methoxy groups -OCH3 is 1. The molecule has 0 spiro atoms. The molecule has 1 aliphatic carbocycles. The Balaban J connectivity index is 1.50. The highest BCUT2D eigenvalue weighted by Crippen LogP contribution is 2.35. The second-order valence-electron chi connectivity index (χ2n) is 5.73. The highest BCUT2D eigenvalue weighted by molar-refractivity contribution is 5.76. The molecule has 0 saturated heterocycles. The summed E-state index contributed by atoms with van der Waals surface area (Å²) < 4.78 is 5.18. The van der Waals surface area contributed by atoms with Gasteiger partial charge < -0.3 is 10.1 Å². The first kappa shape index (κ1) is 13.8. The van der Waals surface area contributed by atoms with Crippen LogP contribution in [0.5, 0.6) is 5.75 Å². The number of hydrogen-bond acceptors (Lipinski definition) is 3. The van der Waals surface area contributed by atoms with Crippen LogP contribution in [0.25, 0.3) is 11.1 Å². The van der Waals surface area contributed by atoms with Crippen LogP contribution in [0.4, 0.5) is 5.82 Å². The molecule has 3 nitrogen and oxygen atoms in total. The third kappa shape index (κ3) is 2.66. The fraction of sp³-hybridized carbons (Fsp3) is 0.150. The minimum Gasteiger partial charge on any atom is -0.497 e. The number of hydrogen-bond donors (Lipinski definition) is 1. The van der Waals surface area contributed by atoms with Crippen LogP contribution in [0.1, 0.15) is 16.8 Å². The van der Waals surface area contributed by atoms with Crippen LogP contribution in [0.3, 0.4) is 0 Å². The Hall–Kier alpha value is -2.81. The summed E-state index contributed by atoms with van der Waals surface area (Å²) in [5, 5.41) is 3.40. The number of benzene rings is 2. The van der Waals surface area contributed by atoms with E-state index in [0.717, 1.165) is 30.2 Å². The van der Waals surface area contributed by atoms with Crippen molar-refractivity contribution < 1.29 is 4.74 Å². The van der Waals surface area contributed by atoms with E-state index in [9.17, 15) is 0 Å². The van der Waals surface area contributed by atoms with Gasteiger partial charge in [0.05, 0.1) is 12.8 Å². The topological polar surface area (TPSA) is 34.1 Å². The predicted molar refractivity (Wildman–Crippen MR) is 92.8 cm³/mol. The van der Waals surface area contributed by atoms with Crippen LogP contribution < -0.4 is 10.1 Å².